The molecule has 0 saturated heterocycles. The van der Waals surface area contributed by atoms with Gasteiger partial charge in [0.15, 0.2) is 0 Å². The van der Waals surface area contributed by atoms with E-state index in [0.717, 1.165) is 39.0 Å². The Hall–Kier alpha value is -5.86. The summed E-state index contributed by atoms with van der Waals surface area (Å²) in [6.45, 7) is 0. The quantitative estimate of drug-likeness (QED) is 0.167. The zero-order valence-electron chi connectivity index (χ0n) is 26.5. The van der Waals surface area contributed by atoms with E-state index in [0.29, 0.717) is 0 Å². The van der Waals surface area contributed by atoms with Crippen LogP contribution in [0.25, 0.3) is 74.3 Å². The molecular formula is C46H29NOSe. The molecule has 3 heteroatoms. The molecule has 49 heavy (non-hydrogen) atoms. The van der Waals surface area contributed by atoms with Gasteiger partial charge in [-0.1, -0.05) is 18.2 Å². The van der Waals surface area contributed by atoms with E-state index >= 15 is 0 Å². The molecule has 0 aliphatic carbocycles. The Bertz CT molecular complexity index is 2840. The summed E-state index contributed by atoms with van der Waals surface area (Å²) in [7, 11) is 0. The Balaban J connectivity index is 1.19. The average molecular weight is 691 g/mol. The molecule has 8 aromatic carbocycles. The van der Waals surface area contributed by atoms with Crippen LogP contribution in [0.2, 0.25) is 0 Å². The van der Waals surface area contributed by atoms with Crippen molar-refractivity contribution in [3.8, 4) is 22.3 Å². The van der Waals surface area contributed by atoms with Gasteiger partial charge < -0.3 is 0 Å². The van der Waals surface area contributed by atoms with Crippen molar-refractivity contribution in [2.24, 2.45) is 0 Å². The number of anilines is 3. The molecule has 0 atom stereocenters. The molecule has 0 radical (unpaired) electrons. The first kappa shape index (κ1) is 28.2. The van der Waals surface area contributed by atoms with Gasteiger partial charge in [-0.15, -0.1) is 0 Å². The fraction of sp³-hybridized carbons (Fsp3) is 0. The zero-order valence-corrected chi connectivity index (χ0v) is 28.2. The molecular weight excluding hydrogens is 661 g/mol. The molecule has 10 aromatic rings. The molecule has 0 fully saturated rings. The van der Waals surface area contributed by atoms with Crippen LogP contribution in [0.15, 0.2) is 180 Å². The minimum absolute atomic E-state index is 0.253. The Morgan fingerprint density at radius 2 is 1.04 bits per heavy atom. The van der Waals surface area contributed by atoms with Crippen LogP contribution in [-0.4, -0.2) is 14.5 Å². The second kappa shape index (κ2) is 11.4. The number of furan rings is 1. The van der Waals surface area contributed by atoms with Crippen LogP contribution in [0.3, 0.4) is 0 Å². The van der Waals surface area contributed by atoms with E-state index in [1.54, 1.807) is 0 Å². The van der Waals surface area contributed by atoms with Crippen molar-refractivity contribution in [3.63, 3.8) is 0 Å². The first-order valence-corrected chi connectivity index (χ1v) is 18.3. The molecule has 2 aromatic heterocycles. The van der Waals surface area contributed by atoms with Crippen molar-refractivity contribution < 1.29 is 4.42 Å². The topological polar surface area (TPSA) is 16.4 Å². The average Bonchev–Trinajstić information content (AvgIpc) is 3.73. The van der Waals surface area contributed by atoms with Crippen LogP contribution >= 0.6 is 0 Å². The Morgan fingerprint density at radius 1 is 0.388 bits per heavy atom. The molecule has 0 saturated carbocycles. The van der Waals surface area contributed by atoms with Crippen LogP contribution in [0.5, 0.6) is 0 Å². The van der Waals surface area contributed by atoms with E-state index in [4.69, 9.17) is 4.42 Å². The maximum atomic E-state index is 6.41. The number of para-hydroxylation sites is 1. The summed E-state index contributed by atoms with van der Waals surface area (Å²) in [6, 6.07) is 63.6. The van der Waals surface area contributed by atoms with E-state index in [1.807, 2.05) is 12.1 Å². The first-order chi connectivity index (χ1) is 24.3. The molecule has 0 aliphatic heterocycles. The predicted octanol–water partition coefficient (Wildman–Crippen LogP) is 12.9. The van der Waals surface area contributed by atoms with Gasteiger partial charge in [0.25, 0.3) is 0 Å². The van der Waals surface area contributed by atoms with E-state index in [9.17, 15) is 0 Å². The van der Waals surface area contributed by atoms with Gasteiger partial charge in [0, 0.05) is 0 Å². The molecule has 0 aliphatic rings. The van der Waals surface area contributed by atoms with Crippen LogP contribution in [0, 0.1) is 0 Å². The zero-order chi connectivity index (χ0) is 32.3. The van der Waals surface area contributed by atoms with Gasteiger partial charge in [-0.05, 0) is 0 Å². The minimum atomic E-state index is 0.253. The van der Waals surface area contributed by atoms with Crippen molar-refractivity contribution in [2.45, 2.75) is 0 Å². The first-order valence-electron chi connectivity index (χ1n) is 16.6. The number of nitrogens with zero attached hydrogens (tertiary/aromatic N) is 1. The summed E-state index contributed by atoms with van der Waals surface area (Å²) in [5.41, 5.74) is 9.88. The Labute approximate surface area is 289 Å². The van der Waals surface area contributed by atoms with Crippen LogP contribution in [-0.2, 0) is 0 Å². The molecule has 2 nitrogen and oxygen atoms in total. The molecule has 0 spiro atoms. The molecule has 0 N–H and O–H groups in total. The Morgan fingerprint density at radius 3 is 1.94 bits per heavy atom. The normalized spacial score (nSPS) is 11.7. The van der Waals surface area contributed by atoms with Crippen LogP contribution in [0.4, 0.5) is 17.1 Å². The van der Waals surface area contributed by atoms with E-state index in [2.05, 4.69) is 169 Å². The molecule has 0 unspecified atom stereocenters. The monoisotopic (exact) mass is 691 g/mol. The fourth-order valence-corrected chi connectivity index (χ4v) is 9.91. The number of fused-ring (bicyclic) bond motifs is 8. The van der Waals surface area contributed by atoms with Crippen LogP contribution < -0.4 is 4.90 Å². The van der Waals surface area contributed by atoms with E-state index in [1.165, 1.54) is 52.3 Å². The van der Waals surface area contributed by atoms with Crippen molar-refractivity contribution in [1.82, 2.24) is 0 Å². The van der Waals surface area contributed by atoms with Crippen molar-refractivity contribution in [1.29, 1.82) is 0 Å². The smallest absolute Gasteiger partial charge is 0.0617 e. The van der Waals surface area contributed by atoms with Gasteiger partial charge in [-0.25, -0.2) is 0 Å². The summed E-state index contributed by atoms with van der Waals surface area (Å²) >= 11 is 0.253. The van der Waals surface area contributed by atoms with Crippen molar-refractivity contribution in [3.05, 3.63) is 176 Å². The summed E-state index contributed by atoms with van der Waals surface area (Å²) in [5, 5.41) is 7.63. The summed E-state index contributed by atoms with van der Waals surface area (Å²) in [6.07, 6.45) is 0. The molecule has 0 amide bonds. The molecule has 10 rings (SSSR count). The van der Waals surface area contributed by atoms with Gasteiger partial charge in [-0.3, -0.25) is 0 Å². The molecule has 230 valence electrons. The van der Waals surface area contributed by atoms with Crippen molar-refractivity contribution in [2.75, 3.05) is 4.90 Å². The fourth-order valence-electron chi connectivity index (χ4n) is 7.35. The maximum absolute atomic E-state index is 6.41. The molecule has 0 bridgehead atoms. The van der Waals surface area contributed by atoms with Gasteiger partial charge >= 0.3 is 273 Å². The SMILES string of the molecule is c1ccc(-c2ccccc2-c2cccc(N(c3ccc4c(c3)oc3ccccc34)c3ccc4[se]c5c6ccccc6ccc5c4c3)c2)cc1. The molecule has 2 heterocycles. The number of hydrogen-bond acceptors (Lipinski definition) is 2. The second-order valence-corrected chi connectivity index (χ2v) is 14.7. The Kier molecular flexibility index (Phi) is 6.55. The standard InChI is InChI=1S/C46H29NOSe/c1-2-11-30(12-3-1)36-16-6-7-17-37(36)32-14-10-15-33(27-32)47(35-22-25-40-39-19-8-9-20-43(39)48-44(40)29-35)34-23-26-45-42(28-34)41-24-21-31-13-4-5-18-38(31)46(41)49-45/h1-29H. The summed E-state index contributed by atoms with van der Waals surface area (Å²) in [4.78, 5) is 2.38. The third-order valence-corrected chi connectivity index (χ3v) is 12.2. The van der Waals surface area contributed by atoms with E-state index < -0.39 is 0 Å². The number of rotatable bonds is 5. The third kappa shape index (κ3) is 4.70. The van der Waals surface area contributed by atoms with Crippen LogP contribution in [0.1, 0.15) is 0 Å². The van der Waals surface area contributed by atoms with Gasteiger partial charge in [0.05, 0.1) is 0 Å². The minimum Gasteiger partial charge on any atom is -0.0617 e. The number of hydrogen-bond donors (Lipinski definition) is 0. The third-order valence-electron chi connectivity index (χ3n) is 9.65. The summed E-state index contributed by atoms with van der Waals surface area (Å²) < 4.78 is 9.32. The van der Waals surface area contributed by atoms with E-state index in [-0.39, 0.29) is 14.5 Å². The van der Waals surface area contributed by atoms with Crippen molar-refractivity contribution >= 4 is 83.6 Å². The van der Waals surface area contributed by atoms with Gasteiger partial charge in [0.2, 0.25) is 0 Å². The predicted molar refractivity (Wildman–Crippen MR) is 209 cm³/mol. The van der Waals surface area contributed by atoms with Gasteiger partial charge in [-0.2, -0.15) is 0 Å². The number of benzene rings is 8. The summed E-state index contributed by atoms with van der Waals surface area (Å²) in [5.74, 6) is 0. The second-order valence-electron chi connectivity index (χ2n) is 12.5. The van der Waals surface area contributed by atoms with Gasteiger partial charge in [0.1, 0.15) is 0 Å².